The minimum Gasteiger partial charge on any atom is -0.439 e. The average molecular weight is 523 g/mol. The smallest absolute Gasteiger partial charge is 0.439 e. The van der Waals surface area contributed by atoms with Gasteiger partial charge in [0.25, 0.3) is 0 Å². The molecule has 1 fully saturated rings. The summed E-state index contributed by atoms with van der Waals surface area (Å²) in [6.45, 7) is 0. The van der Waals surface area contributed by atoms with Crippen LogP contribution in [0.3, 0.4) is 0 Å². The number of ether oxygens (including phenoxy) is 1. The SMILES string of the molecule is O=C(N[C@@H](CC1CCC1)B(O)O)C(Cc1ccccc1)NS(=O)(=O)c1ccc(Oc2ccccn2)cc1. The highest BCUT2D eigenvalue weighted by molar-refractivity contribution is 7.89. The largest absolute Gasteiger partial charge is 0.475 e. The first-order valence-corrected chi connectivity index (χ1v) is 13.7. The molecule has 1 saturated carbocycles. The summed E-state index contributed by atoms with van der Waals surface area (Å²) in [4.78, 5) is 17.3. The van der Waals surface area contributed by atoms with Crippen LogP contribution in [-0.4, -0.2) is 48.5 Å². The van der Waals surface area contributed by atoms with Gasteiger partial charge in [0.1, 0.15) is 11.8 Å². The molecule has 0 aliphatic heterocycles. The summed E-state index contributed by atoms with van der Waals surface area (Å²) >= 11 is 0. The van der Waals surface area contributed by atoms with E-state index in [1.54, 1.807) is 48.7 Å². The van der Waals surface area contributed by atoms with Crippen LogP contribution in [-0.2, 0) is 21.2 Å². The molecule has 11 heteroatoms. The van der Waals surface area contributed by atoms with Crippen molar-refractivity contribution < 1.29 is 28.0 Å². The van der Waals surface area contributed by atoms with Crippen molar-refractivity contribution in [3.05, 3.63) is 84.6 Å². The maximum Gasteiger partial charge on any atom is 0.475 e. The highest BCUT2D eigenvalue weighted by Crippen LogP contribution is 2.30. The zero-order valence-electron chi connectivity index (χ0n) is 20.2. The standard InChI is InChI=1S/C26H30BN3O6S/c31-26(29-24(27(32)33)18-20-9-6-10-20)23(17-19-7-2-1-3-8-19)30-37(34,35)22-14-12-21(13-15-22)36-25-11-4-5-16-28-25/h1-5,7-8,11-16,20,23-24,30,32-33H,6,9-10,17-18H2,(H,29,31)/t23?,24-/m0/s1. The lowest BCUT2D eigenvalue weighted by Gasteiger charge is -2.30. The van der Waals surface area contributed by atoms with Gasteiger partial charge in [-0.2, -0.15) is 4.72 Å². The third-order valence-electron chi connectivity index (χ3n) is 6.39. The Hall–Kier alpha value is -3.25. The molecule has 2 aromatic carbocycles. The Morgan fingerprint density at radius 1 is 1.03 bits per heavy atom. The number of carbonyl (C=O) groups excluding carboxylic acids is 1. The van der Waals surface area contributed by atoms with E-state index in [0.29, 0.717) is 24.0 Å². The number of pyridine rings is 1. The molecule has 1 amide bonds. The molecule has 194 valence electrons. The quantitative estimate of drug-likeness (QED) is 0.268. The van der Waals surface area contributed by atoms with Gasteiger partial charge in [0.15, 0.2) is 0 Å². The number of sulfonamides is 1. The van der Waals surface area contributed by atoms with Gasteiger partial charge in [-0.3, -0.25) is 4.79 Å². The molecule has 1 aliphatic carbocycles. The van der Waals surface area contributed by atoms with Crippen molar-refractivity contribution in [2.45, 2.75) is 49.0 Å². The van der Waals surface area contributed by atoms with Crippen molar-refractivity contribution in [1.29, 1.82) is 0 Å². The molecule has 0 saturated heterocycles. The Balaban J connectivity index is 1.49. The van der Waals surface area contributed by atoms with Gasteiger partial charge in [-0.25, -0.2) is 13.4 Å². The summed E-state index contributed by atoms with van der Waals surface area (Å²) in [5, 5.41) is 22.3. The lowest BCUT2D eigenvalue weighted by atomic mass is 9.69. The molecule has 0 spiro atoms. The summed E-state index contributed by atoms with van der Waals surface area (Å²) in [6.07, 6.45) is 5.12. The predicted octanol–water partition coefficient (Wildman–Crippen LogP) is 2.45. The second-order valence-corrected chi connectivity index (χ2v) is 10.9. The normalized spacial score (nSPS) is 15.3. The number of nitrogens with zero attached hydrogens (tertiary/aromatic N) is 1. The van der Waals surface area contributed by atoms with Gasteiger partial charge in [-0.05, 0) is 54.7 Å². The molecule has 0 radical (unpaired) electrons. The van der Waals surface area contributed by atoms with Crippen molar-refractivity contribution in [1.82, 2.24) is 15.0 Å². The molecule has 2 atom stereocenters. The molecule has 4 N–H and O–H groups in total. The molecule has 9 nitrogen and oxygen atoms in total. The van der Waals surface area contributed by atoms with Gasteiger partial charge in [0.2, 0.25) is 21.8 Å². The van der Waals surface area contributed by atoms with E-state index in [4.69, 9.17) is 4.74 Å². The zero-order valence-corrected chi connectivity index (χ0v) is 21.0. The van der Waals surface area contributed by atoms with Gasteiger partial charge in [0, 0.05) is 12.3 Å². The van der Waals surface area contributed by atoms with Crippen LogP contribution in [0.4, 0.5) is 0 Å². The lowest BCUT2D eigenvalue weighted by molar-refractivity contribution is -0.123. The average Bonchev–Trinajstić information content (AvgIpc) is 2.86. The first kappa shape index (κ1) is 26.8. The molecule has 1 aliphatic rings. The second-order valence-electron chi connectivity index (χ2n) is 9.17. The number of benzene rings is 2. The van der Waals surface area contributed by atoms with Crippen LogP contribution in [0.15, 0.2) is 83.9 Å². The molecular weight excluding hydrogens is 493 g/mol. The van der Waals surface area contributed by atoms with Crippen molar-refractivity contribution in [3.8, 4) is 11.6 Å². The van der Waals surface area contributed by atoms with Gasteiger partial charge < -0.3 is 20.1 Å². The monoisotopic (exact) mass is 523 g/mol. The number of amides is 1. The summed E-state index contributed by atoms with van der Waals surface area (Å²) in [5.41, 5.74) is 0.754. The van der Waals surface area contributed by atoms with E-state index < -0.39 is 35.0 Å². The maximum atomic E-state index is 13.2. The predicted molar refractivity (Wildman–Crippen MR) is 139 cm³/mol. The summed E-state index contributed by atoms with van der Waals surface area (Å²) < 4.78 is 34.5. The first-order valence-electron chi connectivity index (χ1n) is 12.2. The second kappa shape index (κ2) is 12.3. The number of rotatable bonds is 12. The topological polar surface area (TPSA) is 138 Å². The van der Waals surface area contributed by atoms with Crippen LogP contribution in [0.25, 0.3) is 0 Å². The van der Waals surface area contributed by atoms with Crippen molar-refractivity contribution in [2.24, 2.45) is 5.92 Å². The Morgan fingerprint density at radius 3 is 2.32 bits per heavy atom. The Morgan fingerprint density at radius 2 is 1.73 bits per heavy atom. The van der Waals surface area contributed by atoms with E-state index in [1.807, 2.05) is 6.07 Å². The van der Waals surface area contributed by atoms with Gasteiger partial charge >= 0.3 is 7.12 Å². The van der Waals surface area contributed by atoms with Crippen molar-refractivity contribution in [2.75, 3.05) is 0 Å². The van der Waals surface area contributed by atoms with E-state index in [2.05, 4.69) is 15.0 Å². The summed E-state index contributed by atoms with van der Waals surface area (Å²) in [7, 11) is -5.84. The van der Waals surface area contributed by atoms with Crippen LogP contribution >= 0.6 is 0 Å². The molecular formula is C26H30BN3O6S. The third kappa shape index (κ3) is 7.62. The van der Waals surface area contributed by atoms with Crippen LogP contribution in [0, 0.1) is 5.92 Å². The number of carbonyl (C=O) groups is 1. The van der Waals surface area contributed by atoms with Crippen LogP contribution in [0.2, 0.25) is 0 Å². The molecule has 3 aromatic rings. The molecule has 0 bridgehead atoms. The fourth-order valence-corrected chi connectivity index (χ4v) is 5.33. The van der Waals surface area contributed by atoms with Gasteiger partial charge in [-0.1, -0.05) is 55.7 Å². The van der Waals surface area contributed by atoms with Crippen molar-refractivity contribution >= 4 is 23.0 Å². The number of nitrogens with one attached hydrogen (secondary N) is 2. The van der Waals surface area contributed by atoms with Crippen molar-refractivity contribution in [3.63, 3.8) is 0 Å². The first-order chi connectivity index (χ1) is 17.8. The molecule has 1 unspecified atom stereocenters. The summed E-state index contributed by atoms with van der Waals surface area (Å²) in [5.74, 6) is -0.419. The van der Waals surface area contributed by atoms with Crippen LogP contribution in [0.5, 0.6) is 11.6 Å². The number of hydrogen-bond donors (Lipinski definition) is 4. The van der Waals surface area contributed by atoms with Crippen LogP contribution in [0.1, 0.15) is 31.2 Å². The molecule has 4 rings (SSSR count). The van der Waals surface area contributed by atoms with Gasteiger partial charge in [0.05, 0.1) is 10.8 Å². The fraction of sp³-hybridized carbons (Fsp3) is 0.308. The van der Waals surface area contributed by atoms with E-state index in [9.17, 15) is 23.3 Å². The molecule has 37 heavy (non-hydrogen) atoms. The fourth-order valence-electron chi connectivity index (χ4n) is 4.13. The minimum atomic E-state index is -4.09. The maximum absolute atomic E-state index is 13.2. The minimum absolute atomic E-state index is 0.0417. The lowest BCUT2D eigenvalue weighted by Crippen LogP contribution is -2.55. The molecule has 1 aromatic heterocycles. The van der Waals surface area contributed by atoms with E-state index >= 15 is 0 Å². The highest BCUT2D eigenvalue weighted by Gasteiger charge is 2.34. The molecule has 1 heterocycles. The highest BCUT2D eigenvalue weighted by atomic mass is 32.2. The van der Waals surface area contributed by atoms with E-state index in [-0.39, 0.29) is 11.3 Å². The van der Waals surface area contributed by atoms with E-state index in [1.165, 1.54) is 24.3 Å². The Labute approximate surface area is 217 Å². The number of hydrogen-bond acceptors (Lipinski definition) is 7. The zero-order chi connectivity index (χ0) is 26.3. The Kier molecular flexibility index (Phi) is 8.93. The number of aromatic nitrogens is 1. The third-order valence-corrected chi connectivity index (χ3v) is 7.88. The summed E-state index contributed by atoms with van der Waals surface area (Å²) in [6, 6.07) is 18.8. The van der Waals surface area contributed by atoms with E-state index in [0.717, 1.165) is 24.8 Å². The van der Waals surface area contributed by atoms with Gasteiger partial charge in [-0.15, -0.1) is 0 Å². The van der Waals surface area contributed by atoms with Crippen LogP contribution < -0.4 is 14.8 Å². The Bertz CT molecular complexity index is 1260.